The maximum atomic E-state index is 2.46. The van der Waals surface area contributed by atoms with E-state index < -0.39 is 0 Å². The number of quaternary nitrogens is 1. The van der Waals surface area contributed by atoms with Crippen molar-refractivity contribution in [1.29, 1.82) is 0 Å². The molecule has 0 heterocycles. The van der Waals surface area contributed by atoms with E-state index in [4.69, 9.17) is 0 Å². The Hall–Kier alpha value is 0.196. The summed E-state index contributed by atoms with van der Waals surface area (Å²) in [6.45, 7) is 15.5. The summed E-state index contributed by atoms with van der Waals surface area (Å²) in [4.78, 5) is 0. The van der Waals surface area contributed by atoms with Crippen LogP contribution in [0.15, 0.2) is 30.3 Å². The average Bonchev–Trinajstić information content (AvgIpc) is 2.37. The molecule has 0 N–H and O–H groups in total. The van der Waals surface area contributed by atoms with Crippen molar-refractivity contribution in [2.45, 2.75) is 46.7 Å². The van der Waals surface area contributed by atoms with Crippen LogP contribution in [0.4, 0.5) is 5.69 Å². The second kappa shape index (κ2) is 8.16. The van der Waals surface area contributed by atoms with Crippen LogP contribution in [-0.4, -0.2) is 52.9 Å². The minimum atomic E-state index is 0. The van der Waals surface area contributed by atoms with Crippen molar-refractivity contribution in [1.82, 2.24) is 4.48 Å². The summed E-state index contributed by atoms with van der Waals surface area (Å²) in [5.74, 6) is 2.09. The molecule has 0 spiro atoms. The first kappa shape index (κ1) is 21.2. The zero-order valence-corrected chi connectivity index (χ0v) is 16.8. The Balaban J connectivity index is 0.00000400. The topological polar surface area (TPSA) is 0 Å². The van der Waals surface area contributed by atoms with Crippen molar-refractivity contribution in [2.24, 2.45) is 17.8 Å². The fraction of sp³-hybridized carbons (Fsp3) is 0.667. The first-order valence-electron chi connectivity index (χ1n) is 8.07. The molecule has 122 valence electrons. The van der Waals surface area contributed by atoms with E-state index in [1.807, 2.05) is 0 Å². The third kappa shape index (κ3) is 4.14. The van der Waals surface area contributed by atoms with E-state index in [9.17, 15) is 0 Å². The molecule has 0 bridgehead atoms. The molecule has 0 amide bonds. The van der Waals surface area contributed by atoms with Gasteiger partial charge >= 0.3 is 23.9 Å². The predicted molar refractivity (Wildman–Crippen MR) is 108 cm³/mol. The summed E-state index contributed by atoms with van der Waals surface area (Å²) >= 11 is 0. The third-order valence-corrected chi connectivity index (χ3v) is 8.75. The van der Waals surface area contributed by atoms with Crippen LogP contribution in [-0.2, 0) is 0 Å². The number of rotatable bonds is 6. The Morgan fingerprint density at radius 2 is 1.38 bits per heavy atom. The van der Waals surface area contributed by atoms with Gasteiger partial charge in [0.1, 0.15) is 5.69 Å². The van der Waals surface area contributed by atoms with Crippen molar-refractivity contribution < 1.29 is 0 Å². The Labute approximate surface area is 152 Å². The van der Waals surface area contributed by atoms with Crippen molar-refractivity contribution in [2.75, 3.05) is 13.6 Å². The molecule has 0 saturated heterocycles. The summed E-state index contributed by atoms with van der Waals surface area (Å²) in [6.07, 6.45) is 0. The monoisotopic (exact) mass is 416 g/mol. The van der Waals surface area contributed by atoms with E-state index in [1.54, 1.807) is 0 Å². The van der Waals surface area contributed by atoms with E-state index in [0.717, 1.165) is 4.48 Å². The van der Waals surface area contributed by atoms with Crippen LogP contribution in [0.5, 0.6) is 0 Å². The molecule has 0 aliphatic heterocycles. The Bertz CT molecular complexity index is 408. The van der Waals surface area contributed by atoms with Crippen LogP contribution in [0.25, 0.3) is 0 Å². The zero-order valence-electron chi connectivity index (χ0n) is 14.8. The minimum absolute atomic E-state index is 0. The van der Waals surface area contributed by atoms with Gasteiger partial charge in [-0.05, 0) is 12.1 Å². The van der Waals surface area contributed by atoms with E-state index in [0.29, 0.717) is 22.9 Å². The zero-order chi connectivity index (χ0) is 15.6. The van der Waals surface area contributed by atoms with Gasteiger partial charge in [0.25, 0.3) is 0 Å². The van der Waals surface area contributed by atoms with Crippen molar-refractivity contribution in [3.05, 3.63) is 30.3 Å². The van der Waals surface area contributed by atoms with Gasteiger partial charge in [0.15, 0.2) is 0 Å². The quantitative estimate of drug-likeness (QED) is 0.494. The average molecular weight is 415 g/mol. The molecule has 1 aromatic carbocycles. The van der Waals surface area contributed by atoms with Gasteiger partial charge in [-0.1, -0.05) is 59.7 Å². The number of nitrogens with zero attached hydrogens (tertiary/aromatic N) is 1. The molecule has 0 radical (unpaired) electrons. The summed E-state index contributed by atoms with van der Waals surface area (Å²) in [6, 6.07) is 11.1. The summed E-state index contributed by atoms with van der Waals surface area (Å²) < 4.78 is 1.08. The van der Waals surface area contributed by atoms with Crippen LogP contribution in [0.1, 0.15) is 41.5 Å². The van der Waals surface area contributed by atoms with Gasteiger partial charge in [0, 0.05) is 17.8 Å². The molecule has 0 aromatic heterocycles. The third-order valence-electron chi connectivity index (χ3n) is 5.46. The Morgan fingerprint density at radius 3 is 1.71 bits per heavy atom. The van der Waals surface area contributed by atoms with Crippen molar-refractivity contribution in [3.8, 4) is 0 Å². The second-order valence-electron chi connectivity index (χ2n) is 7.64. The van der Waals surface area contributed by atoms with Gasteiger partial charge < -0.3 is 0 Å². The molecule has 1 unspecified atom stereocenters. The molecule has 0 saturated carbocycles. The van der Waals surface area contributed by atoms with Gasteiger partial charge in [-0.25, -0.2) is 0 Å². The molecule has 0 fully saturated rings. The van der Waals surface area contributed by atoms with Crippen LogP contribution < -0.4 is 4.48 Å². The maximum absolute atomic E-state index is 2.46. The molecule has 1 rings (SSSR count). The fourth-order valence-corrected chi connectivity index (χ4v) is 4.31. The second-order valence-corrected chi connectivity index (χ2v) is 9.24. The normalized spacial score (nSPS) is 15.3. The molecular formula is C18H38NSiSn+. The van der Waals surface area contributed by atoms with Crippen LogP contribution in [0.3, 0.4) is 0 Å². The number of benzene rings is 1. The van der Waals surface area contributed by atoms with Crippen molar-refractivity contribution >= 4 is 39.8 Å². The molecule has 1 aromatic rings. The molecular weight excluding hydrogens is 377 g/mol. The van der Waals surface area contributed by atoms with Gasteiger partial charge in [-0.2, -0.15) is 0 Å². The molecule has 1 nitrogen and oxygen atoms in total. The van der Waals surface area contributed by atoms with E-state index in [-0.39, 0.29) is 23.9 Å². The van der Waals surface area contributed by atoms with E-state index in [1.165, 1.54) is 22.5 Å². The predicted octanol–water partition coefficient (Wildman–Crippen LogP) is 2.20. The Morgan fingerprint density at radius 1 is 0.952 bits per heavy atom. The molecule has 3 heteroatoms. The van der Waals surface area contributed by atoms with Crippen LogP contribution >= 0.6 is 0 Å². The number of hydrogen-bond acceptors (Lipinski definition) is 0. The SMILES string of the molecule is CC(C)C[N+](C)(c1ccccc1)C([SiH3])(C(C)C)C(C)C.[SnH4]. The van der Waals surface area contributed by atoms with E-state index >= 15 is 0 Å². The molecule has 0 aliphatic rings. The van der Waals surface area contributed by atoms with Crippen molar-refractivity contribution in [3.63, 3.8) is 0 Å². The first-order chi connectivity index (χ1) is 9.16. The molecule has 0 aliphatic carbocycles. The van der Waals surface area contributed by atoms with Gasteiger partial charge in [-0.3, -0.25) is 4.48 Å². The molecule has 1 atom stereocenters. The van der Waals surface area contributed by atoms with Gasteiger partial charge in [0.05, 0.1) is 29.0 Å². The standard InChI is InChI=1S/C18H34NSi.Sn.4H/c1-14(2)13-19(7,17-11-9-8-10-12-17)18(20,15(3)4)16(5)6;;;;;/h8-12,14-16H,13H2,1-7,20H3;;;;;/q+1;;;;;. The summed E-state index contributed by atoms with van der Waals surface area (Å²) in [5.41, 5.74) is 1.47. The van der Waals surface area contributed by atoms with Crippen LogP contribution in [0, 0.1) is 17.8 Å². The van der Waals surface area contributed by atoms with Crippen LogP contribution in [0.2, 0.25) is 0 Å². The van der Waals surface area contributed by atoms with Gasteiger partial charge in [-0.15, -0.1) is 0 Å². The Kier molecular flexibility index (Phi) is 8.24. The number of para-hydroxylation sites is 1. The molecule has 21 heavy (non-hydrogen) atoms. The summed E-state index contributed by atoms with van der Waals surface area (Å²) in [5, 5.41) is 0.367. The van der Waals surface area contributed by atoms with E-state index in [2.05, 4.69) is 78.9 Å². The number of hydrogen-bond donors (Lipinski definition) is 0. The summed E-state index contributed by atoms with van der Waals surface area (Å²) in [7, 11) is 3.67. The fourth-order valence-electron chi connectivity index (χ4n) is 3.87. The first-order valence-corrected chi connectivity index (χ1v) is 9.07. The van der Waals surface area contributed by atoms with Gasteiger partial charge in [0.2, 0.25) is 0 Å².